The van der Waals surface area contributed by atoms with Gasteiger partial charge < -0.3 is 19.7 Å². The van der Waals surface area contributed by atoms with Gasteiger partial charge in [0.15, 0.2) is 11.5 Å². The van der Waals surface area contributed by atoms with Crippen LogP contribution in [0.3, 0.4) is 0 Å². The Labute approximate surface area is 183 Å². The molecule has 6 heteroatoms. The topological polar surface area (TPSA) is 50.8 Å². The van der Waals surface area contributed by atoms with E-state index in [0.717, 1.165) is 43.9 Å². The van der Waals surface area contributed by atoms with Crippen molar-refractivity contribution in [2.24, 2.45) is 5.92 Å². The number of ether oxygens (including phenoxy) is 2. The molecular weight excluding hydrogens is 400 g/mol. The molecule has 2 fully saturated rings. The first-order valence-electron chi connectivity index (χ1n) is 10.4. The number of hydrogen-bond acceptors (Lipinski definition) is 4. The van der Waals surface area contributed by atoms with Crippen LogP contribution in [0.1, 0.15) is 35.2 Å². The largest absolute Gasteiger partial charge is 0.493 e. The summed E-state index contributed by atoms with van der Waals surface area (Å²) in [5.74, 6) is 1.98. The molecule has 4 rings (SSSR count). The fourth-order valence-corrected chi connectivity index (χ4v) is 5.45. The van der Waals surface area contributed by atoms with Crippen molar-refractivity contribution in [3.8, 4) is 11.5 Å². The lowest BCUT2D eigenvalue weighted by Gasteiger charge is -2.43. The highest BCUT2D eigenvalue weighted by molar-refractivity contribution is 6.30. The van der Waals surface area contributed by atoms with E-state index in [1.807, 2.05) is 6.07 Å². The molecule has 5 nitrogen and oxygen atoms in total. The van der Waals surface area contributed by atoms with Crippen molar-refractivity contribution in [1.82, 2.24) is 10.2 Å². The number of carbonyl (C=O) groups excluding carboxylic acids is 1. The minimum absolute atomic E-state index is 0.0263. The Hall–Kier alpha value is -2.24. The van der Waals surface area contributed by atoms with E-state index in [9.17, 15) is 4.79 Å². The third kappa shape index (κ3) is 3.88. The molecule has 30 heavy (non-hydrogen) atoms. The van der Waals surface area contributed by atoms with Crippen molar-refractivity contribution in [3.63, 3.8) is 0 Å². The van der Waals surface area contributed by atoms with Crippen molar-refractivity contribution in [2.75, 3.05) is 34.4 Å². The van der Waals surface area contributed by atoms with Crippen LogP contribution in [0.4, 0.5) is 0 Å². The van der Waals surface area contributed by atoms with Crippen LogP contribution in [-0.4, -0.2) is 51.2 Å². The molecule has 1 saturated heterocycles. The van der Waals surface area contributed by atoms with E-state index >= 15 is 0 Å². The number of hydrogen-bond donors (Lipinski definition) is 1. The Balaban J connectivity index is 1.53. The number of halogens is 1. The van der Waals surface area contributed by atoms with Gasteiger partial charge in [0.1, 0.15) is 0 Å². The summed E-state index contributed by atoms with van der Waals surface area (Å²) in [6, 6.07) is 13.6. The number of fused-ring (bicyclic) bond motifs is 1. The summed E-state index contributed by atoms with van der Waals surface area (Å²) < 4.78 is 11.0. The Kier molecular flexibility index (Phi) is 5.94. The van der Waals surface area contributed by atoms with E-state index < -0.39 is 0 Å². The third-order valence-electron chi connectivity index (χ3n) is 6.77. The summed E-state index contributed by atoms with van der Waals surface area (Å²) in [5.41, 5.74) is 2.03. The van der Waals surface area contributed by atoms with Gasteiger partial charge in [-0.25, -0.2) is 0 Å². The Morgan fingerprint density at radius 1 is 1.13 bits per heavy atom. The molecule has 1 heterocycles. The van der Waals surface area contributed by atoms with Crippen LogP contribution in [0.25, 0.3) is 0 Å². The average Bonchev–Trinajstić information content (AvgIpc) is 3.09. The monoisotopic (exact) mass is 428 g/mol. The van der Waals surface area contributed by atoms with Crippen LogP contribution in [0, 0.1) is 5.92 Å². The molecule has 0 bridgehead atoms. The van der Waals surface area contributed by atoms with Gasteiger partial charge >= 0.3 is 0 Å². The van der Waals surface area contributed by atoms with E-state index in [0.29, 0.717) is 16.5 Å². The summed E-state index contributed by atoms with van der Waals surface area (Å²) in [7, 11) is 5.53. The molecule has 0 radical (unpaired) electrons. The van der Waals surface area contributed by atoms with Crippen molar-refractivity contribution < 1.29 is 14.3 Å². The highest BCUT2D eigenvalue weighted by atomic mass is 35.5. The van der Waals surface area contributed by atoms with Gasteiger partial charge in [0, 0.05) is 35.1 Å². The van der Waals surface area contributed by atoms with Gasteiger partial charge in [0.05, 0.1) is 14.2 Å². The van der Waals surface area contributed by atoms with Crippen molar-refractivity contribution >= 4 is 17.5 Å². The number of carbonyl (C=O) groups is 1. The molecule has 1 amide bonds. The second kappa shape index (κ2) is 8.48. The summed E-state index contributed by atoms with van der Waals surface area (Å²) >= 11 is 5.94. The van der Waals surface area contributed by atoms with Gasteiger partial charge in [-0.05, 0) is 74.2 Å². The maximum absolute atomic E-state index is 12.7. The van der Waals surface area contributed by atoms with E-state index in [2.05, 4.69) is 29.4 Å². The predicted octanol–water partition coefficient (Wildman–Crippen LogP) is 4.14. The van der Waals surface area contributed by atoms with Gasteiger partial charge in [-0.3, -0.25) is 4.79 Å². The smallest absolute Gasteiger partial charge is 0.251 e. The van der Waals surface area contributed by atoms with E-state index in [-0.39, 0.29) is 17.4 Å². The first kappa shape index (κ1) is 21.0. The minimum Gasteiger partial charge on any atom is -0.493 e. The fourth-order valence-electron chi connectivity index (χ4n) is 5.32. The van der Waals surface area contributed by atoms with Gasteiger partial charge in [0.2, 0.25) is 0 Å². The minimum atomic E-state index is -0.0263. The summed E-state index contributed by atoms with van der Waals surface area (Å²) in [6.07, 6.45) is 2.96. The SMILES string of the molecule is COc1ccc([C@@]23CC[C@@H](NC(=O)c4ccc(Cl)cc4)C[C@@H]2CN(C)C3)cc1OC. The second-order valence-electron chi connectivity index (χ2n) is 8.57. The first-order valence-corrected chi connectivity index (χ1v) is 10.8. The number of nitrogens with zero attached hydrogens (tertiary/aromatic N) is 1. The second-order valence-corrected chi connectivity index (χ2v) is 9.01. The lowest BCUT2D eigenvalue weighted by Crippen LogP contribution is -2.47. The molecule has 2 aromatic rings. The molecule has 0 unspecified atom stereocenters. The Morgan fingerprint density at radius 3 is 2.57 bits per heavy atom. The molecular formula is C24H29ClN2O3. The zero-order chi connectivity index (χ0) is 21.3. The van der Waals surface area contributed by atoms with Crippen molar-refractivity contribution in [3.05, 3.63) is 58.6 Å². The molecule has 3 atom stereocenters. The van der Waals surface area contributed by atoms with Crippen LogP contribution in [0.5, 0.6) is 11.5 Å². The lowest BCUT2D eigenvalue weighted by molar-refractivity contribution is 0.0904. The standard InChI is InChI=1S/C24H29ClN2O3/c1-27-14-18-12-20(26-23(28)16-4-7-19(25)8-5-16)10-11-24(18,15-27)17-6-9-21(29-2)22(13-17)30-3/h4-9,13,18,20H,10-12,14-15H2,1-3H3,(H,26,28)/t18-,20-,24+/m1/s1. The number of amides is 1. The Bertz CT molecular complexity index is 917. The molecule has 0 spiro atoms. The maximum Gasteiger partial charge on any atom is 0.251 e. The normalized spacial score (nSPS) is 26.1. The Morgan fingerprint density at radius 2 is 1.87 bits per heavy atom. The maximum atomic E-state index is 12.7. The molecule has 160 valence electrons. The van der Waals surface area contributed by atoms with Crippen LogP contribution in [0.2, 0.25) is 5.02 Å². The van der Waals surface area contributed by atoms with E-state index in [1.165, 1.54) is 5.56 Å². The van der Waals surface area contributed by atoms with Crippen molar-refractivity contribution in [2.45, 2.75) is 30.7 Å². The number of likely N-dealkylation sites (N-methyl/N-ethyl adjacent to an activating group) is 1. The number of methoxy groups -OCH3 is 2. The number of benzene rings is 2. The highest BCUT2D eigenvalue weighted by Crippen LogP contribution is 2.49. The third-order valence-corrected chi connectivity index (χ3v) is 7.03. The number of rotatable bonds is 5. The van der Waals surface area contributed by atoms with Gasteiger partial charge in [-0.1, -0.05) is 17.7 Å². The van der Waals surface area contributed by atoms with Gasteiger partial charge in [0.25, 0.3) is 5.91 Å². The molecule has 1 N–H and O–H groups in total. The van der Waals surface area contributed by atoms with Crippen molar-refractivity contribution in [1.29, 1.82) is 0 Å². The van der Waals surface area contributed by atoms with Gasteiger partial charge in [-0.15, -0.1) is 0 Å². The first-order chi connectivity index (χ1) is 14.4. The number of nitrogens with one attached hydrogen (secondary N) is 1. The average molecular weight is 429 g/mol. The molecule has 1 aliphatic heterocycles. The molecule has 2 aliphatic rings. The van der Waals surface area contributed by atoms with E-state index in [4.69, 9.17) is 21.1 Å². The highest BCUT2D eigenvalue weighted by Gasteiger charge is 2.50. The fraction of sp³-hybridized carbons (Fsp3) is 0.458. The predicted molar refractivity (Wildman–Crippen MR) is 119 cm³/mol. The molecule has 1 aliphatic carbocycles. The molecule has 0 aromatic heterocycles. The van der Waals surface area contributed by atoms with Crippen LogP contribution in [-0.2, 0) is 5.41 Å². The summed E-state index contributed by atoms with van der Waals surface area (Å²) in [5, 5.41) is 3.88. The molecule has 2 aromatic carbocycles. The van der Waals surface area contributed by atoms with Crippen LogP contribution >= 0.6 is 11.6 Å². The summed E-state index contributed by atoms with van der Waals surface area (Å²) in [6.45, 7) is 2.05. The lowest BCUT2D eigenvalue weighted by atomic mass is 9.63. The quantitative estimate of drug-likeness (QED) is 0.777. The zero-order valence-electron chi connectivity index (χ0n) is 17.8. The molecule has 1 saturated carbocycles. The van der Waals surface area contributed by atoms with Crippen LogP contribution in [0.15, 0.2) is 42.5 Å². The van der Waals surface area contributed by atoms with E-state index in [1.54, 1.807) is 38.5 Å². The van der Waals surface area contributed by atoms with Gasteiger partial charge in [-0.2, -0.15) is 0 Å². The number of likely N-dealkylation sites (tertiary alicyclic amines) is 1. The summed E-state index contributed by atoms with van der Waals surface area (Å²) in [4.78, 5) is 15.1. The van der Waals surface area contributed by atoms with Crippen LogP contribution < -0.4 is 14.8 Å². The zero-order valence-corrected chi connectivity index (χ0v) is 18.5.